The van der Waals surface area contributed by atoms with Crippen LogP contribution in [0.3, 0.4) is 0 Å². The van der Waals surface area contributed by atoms with E-state index in [1.54, 1.807) is 0 Å². The Labute approximate surface area is 123 Å². The summed E-state index contributed by atoms with van der Waals surface area (Å²) in [4.78, 5) is 2.65. The molecule has 1 aliphatic heterocycles. The molecule has 1 aromatic rings. The summed E-state index contributed by atoms with van der Waals surface area (Å²) < 4.78 is 5.72. The third kappa shape index (κ3) is 3.86. The van der Waals surface area contributed by atoms with E-state index >= 15 is 0 Å². The average Bonchev–Trinajstić information content (AvgIpc) is 2.77. The molecule has 0 spiro atoms. The second-order valence-corrected chi connectivity index (χ2v) is 6.23. The smallest absolute Gasteiger partial charge is 0.105 e. The molecule has 114 valence electrons. The van der Waals surface area contributed by atoms with E-state index in [-0.39, 0.29) is 0 Å². The van der Waals surface area contributed by atoms with Gasteiger partial charge in [0.15, 0.2) is 0 Å². The molecule has 3 heteroatoms. The Balaban J connectivity index is 2.04. The van der Waals surface area contributed by atoms with Crippen LogP contribution < -0.4 is 5.32 Å². The maximum atomic E-state index is 5.72. The van der Waals surface area contributed by atoms with Crippen molar-refractivity contribution < 1.29 is 4.42 Å². The van der Waals surface area contributed by atoms with E-state index in [4.69, 9.17) is 4.42 Å². The third-order valence-corrected chi connectivity index (χ3v) is 4.54. The predicted molar refractivity (Wildman–Crippen MR) is 84.1 cm³/mol. The van der Waals surface area contributed by atoms with Crippen molar-refractivity contribution in [2.45, 2.75) is 53.0 Å². The minimum atomic E-state index is 0.460. The molecule has 0 saturated carbocycles. The molecular formula is C17H30N2O. The first-order valence-electron chi connectivity index (χ1n) is 8.13. The Bertz CT molecular complexity index is 407. The molecule has 1 fully saturated rings. The van der Waals surface area contributed by atoms with Crippen molar-refractivity contribution >= 4 is 0 Å². The number of hydrogen-bond acceptors (Lipinski definition) is 3. The van der Waals surface area contributed by atoms with Gasteiger partial charge in [-0.3, -0.25) is 4.90 Å². The molecule has 1 aliphatic rings. The molecule has 0 bridgehead atoms. The second kappa shape index (κ2) is 7.28. The molecule has 3 nitrogen and oxygen atoms in total. The molecule has 0 radical (unpaired) electrons. The Hall–Kier alpha value is -0.800. The van der Waals surface area contributed by atoms with Gasteiger partial charge >= 0.3 is 0 Å². The fraction of sp³-hybridized carbons (Fsp3) is 0.765. The molecule has 0 aromatic carbocycles. The first-order chi connectivity index (χ1) is 9.61. The lowest BCUT2D eigenvalue weighted by molar-refractivity contribution is 0.160. The molecule has 1 unspecified atom stereocenters. The number of hydrogen-bond donors (Lipinski definition) is 1. The van der Waals surface area contributed by atoms with Gasteiger partial charge < -0.3 is 9.73 Å². The highest BCUT2D eigenvalue weighted by Gasteiger charge is 2.23. The minimum absolute atomic E-state index is 0.460. The molecule has 1 saturated heterocycles. The number of nitrogens with one attached hydrogen (secondary N) is 1. The standard InChI is InChI=1S/C17H30N2O/c1-5-10-19(12-16-6-8-18-9-7-16)14(3)17-11-13(2)20-15(17)4/h11,14,16,18H,5-10,12H2,1-4H3. The lowest BCUT2D eigenvalue weighted by Crippen LogP contribution is -2.37. The summed E-state index contributed by atoms with van der Waals surface area (Å²) in [6, 6.07) is 2.67. The SMILES string of the molecule is CCCN(CC1CCNCC1)C(C)c1cc(C)oc1C. The monoisotopic (exact) mass is 278 g/mol. The average molecular weight is 278 g/mol. The number of nitrogens with zero attached hydrogens (tertiary/aromatic N) is 1. The van der Waals surface area contributed by atoms with Crippen LogP contribution in [0.4, 0.5) is 0 Å². The zero-order valence-electron chi connectivity index (χ0n) is 13.5. The number of rotatable bonds is 6. The topological polar surface area (TPSA) is 28.4 Å². The Kier molecular flexibility index (Phi) is 5.67. The van der Waals surface area contributed by atoms with Crippen LogP contribution in [0.1, 0.15) is 56.2 Å². The van der Waals surface area contributed by atoms with Crippen LogP contribution in [0.2, 0.25) is 0 Å². The molecule has 1 atom stereocenters. The van der Waals surface area contributed by atoms with Gasteiger partial charge in [0.05, 0.1) is 0 Å². The molecule has 1 aromatic heterocycles. The normalized spacial score (nSPS) is 18.6. The van der Waals surface area contributed by atoms with Gasteiger partial charge in [0.1, 0.15) is 11.5 Å². The highest BCUT2D eigenvalue weighted by atomic mass is 16.3. The van der Waals surface area contributed by atoms with Crippen molar-refractivity contribution in [2.24, 2.45) is 5.92 Å². The molecule has 20 heavy (non-hydrogen) atoms. The molecule has 1 N–H and O–H groups in total. The molecular weight excluding hydrogens is 248 g/mol. The van der Waals surface area contributed by atoms with Crippen molar-refractivity contribution in [2.75, 3.05) is 26.2 Å². The molecule has 2 heterocycles. The van der Waals surface area contributed by atoms with Crippen LogP contribution in [0.15, 0.2) is 10.5 Å². The van der Waals surface area contributed by atoms with Gasteiger partial charge in [-0.2, -0.15) is 0 Å². The molecule has 0 aliphatic carbocycles. The fourth-order valence-electron chi connectivity index (χ4n) is 3.39. The number of piperidine rings is 1. The van der Waals surface area contributed by atoms with Crippen molar-refractivity contribution in [3.63, 3.8) is 0 Å². The van der Waals surface area contributed by atoms with Crippen LogP contribution in [0, 0.1) is 19.8 Å². The summed E-state index contributed by atoms with van der Waals surface area (Å²) >= 11 is 0. The summed E-state index contributed by atoms with van der Waals surface area (Å²) in [6.45, 7) is 13.5. The van der Waals surface area contributed by atoms with E-state index in [0.29, 0.717) is 6.04 Å². The van der Waals surface area contributed by atoms with Crippen LogP contribution in [-0.2, 0) is 0 Å². The lowest BCUT2D eigenvalue weighted by Gasteiger charge is -2.34. The lowest BCUT2D eigenvalue weighted by atomic mass is 9.96. The van der Waals surface area contributed by atoms with E-state index < -0.39 is 0 Å². The van der Waals surface area contributed by atoms with Gasteiger partial charge in [0.25, 0.3) is 0 Å². The van der Waals surface area contributed by atoms with Gasteiger partial charge in [0, 0.05) is 18.2 Å². The van der Waals surface area contributed by atoms with E-state index in [2.05, 4.69) is 37.1 Å². The van der Waals surface area contributed by atoms with Crippen LogP contribution >= 0.6 is 0 Å². The molecule has 2 rings (SSSR count). The van der Waals surface area contributed by atoms with E-state index in [0.717, 1.165) is 17.4 Å². The van der Waals surface area contributed by atoms with E-state index in [1.807, 2.05) is 6.92 Å². The second-order valence-electron chi connectivity index (χ2n) is 6.23. The van der Waals surface area contributed by atoms with Crippen molar-refractivity contribution in [1.82, 2.24) is 10.2 Å². The largest absolute Gasteiger partial charge is 0.466 e. The Morgan fingerprint density at radius 1 is 1.35 bits per heavy atom. The maximum absolute atomic E-state index is 5.72. The minimum Gasteiger partial charge on any atom is -0.466 e. The van der Waals surface area contributed by atoms with Gasteiger partial charge in [-0.25, -0.2) is 0 Å². The maximum Gasteiger partial charge on any atom is 0.105 e. The van der Waals surface area contributed by atoms with E-state index in [9.17, 15) is 0 Å². The number of aryl methyl sites for hydroxylation is 2. The van der Waals surface area contributed by atoms with Gasteiger partial charge in [0.2, 0.25) is 0 Å². The van der Waals surface area contributed by atoms with Crippen molar-refractivity contribution in [3.05, 3.63) is 23.2 Å². The fourth-order valence-corrected chi connectivity index (χ4v) is 3.39. The first-order valence-corrected chi connectivity index (χ1v) is 8.13. The third-order valence-electron chi connectivity index (χ3n) is 4.54. The van der Waals surface area contributed by atoms with Crippen molar-refractivity contribution in [3.8, 4) is 0 Å². The van der Waals surface area contributed by atoms with Gasteiger partial charge in [-0.15, -0.1) is 0 Å². The van der Waals surface area contributed by atoms with Crippen LogP contribution in [0.5, 0.6) is 0 Å². The predicted octanol–water partition coefficient (Wildman–Crippen LogP) is 3.67. The quantitative estimate of drug-likeness (QED) is 0.860. The van der Waals surface area contributed by atoms with E-state index in [1.165, 1.54) is 51.0 Å². The zero-order chi connectivity index (χ0) is 14.5. The first kappa shape index (κ1) is 15.6. The number of furan rings is 1. The summed E-state index contributed by atoms with van der Waals surface area (Å²) in [5.74, 6) is 2.96. The highest BCUT2D eigenvalue weighted by molar-refractivity contribution is 5.23. The zero-order valence-corrected chi connectivity index (χ0v) is 13.5. The summed E-state index contributed by atoms with van der Waals surface area (Å²) in [7, 11) is 0. The summed E-state index contributed by atoms with van der Waals surface area (Å²) in [5.41, 5.74) is 1.37. The van der Waals surface area contributed by atoms with Crippen LogP contribution in [-0.4, -0.2) is 31.1 Å². The summed E-state index contributed by atoms with van der Waals surface area (Å²) in [6.07, 6.45) is 3.85. The Morgan fingerprint density at radius 2 is 2.05 bits per heavy atom. The Morgan fingerprint density at radius 3 is 2.60 bits per heavy atom. The van der Waals surface area contributed by atoms with Crippen molar-refractivity contribution in [1.29, 1.82) is 0 Å². The summed E-state index contributed by atoms with van der Waals surface area (Å²) in [5, 5.41) is 3.46. The van der Waals surface area contributed by atoms with Gasteiger partial charge in [-0.05, 0) is 71.7 Å². The van der Waals surface area contributed by atoms with Crippen LogP contribution in [0.25, 0.3) is 0 Å². The highest BCUT2D eigenvalue weighted by Crippen LogP contribution is 2.28. The molecule has 0 amide bonds. The van der Waals surface area contributed by atoms with Gasteiger partial charge in [-0.1, -0.05) is 6.92 Å².